The molecule has 1 aliphatic rings. The SMILES string of the molecule is C=C1N=Cc2cc(CS(=O)(=O)Cc3c(F)c(F)c(C)c(F)c3F)ccc2N1CCC. The van der Waals surface area contributed by atoms with E-state index >= 15 is 0 Å². The summed E-state index contributed by atoms with van der Waals surface area (Å²) in [5.74, 6) is -7.73. The Kier molecular flexibility index (Phi) is 6.03. The van der Waals surface area contributed by atoms with E-state index in [2.05, 4.69) is 11.6 Å². The first-order chi connectivity index (χ1) is 14.1. The minimum absolute atomic E-state index is 0.359. The van der Waals surface area contributed by atoms with Crippen LogP contribution in [0.15, 0.2) is 35.6 Å². The molecule has 0 saturated heterocycles. The Hall–Kier alpha value is -2.68. The quantitative estimate of drug-likeness (QED) is 0.480. The summed E-state index contributed by atoms with van der Waals surface area (Å²) < 4.78 is 80.7. The van der Waals surface area contributed by atoms with Crippen LogP contribution in [0.1, 0.15) is 35.6 Å². The van der Waals surface area contributed by atoms with Gasteiger partial charge >= 0.3 is 0 Å². The van der Waals surface area contributed by atoms with Crippen LogP contribution in [0, 0.1) is 30.2 Å². The molecule has 0 radical (unpaired) electrons. The summed E-state index contributed by atoms with van der Waals surface area (Å²) >= 11 is 0. The van der Waals surface area contributed by atoms with Crippen molar-refractivity contribution in [2.75, 3.05) is 11.4 Å². The first-order valence-corrected chi connectivity index (χ1v) is 11.0. The highest BCUT2D eigenvalue weighted by atomic mass is 32.2. The van der Waals surface area contributed by atoms with E-state index in [9.17, 15) is 26.0 Å². The van der Waals surface area contributed by atoms with Gasteiger partial charge in [-0.25, -0.2) is 31.0 Å². The third-order valence-corrected chi connectivity index (χ3v) is 6.32. The van der Waals surface area contributed by atoms with Crippen molar-refractivity contribution in [3.05, 3.63) is 76.1 Å². The molecular formula is C21H20F4N2O2S. The lowest BCUT2D eigenvalue weighted by molar-refractivity contribution is 0.434. The Morgan fingerprint density at radius 1 is 1.03 bits per heavy atom. The number of rotatable bonds is 6. The molecule has 0 aliphatic carbocycles. The molecule has 9 heteroatoms. The zero-order valence-corrected chi connectivity index (χ0v) is 17.3. The molecule has 0 unspecified atom stereocenters. The van der Waals surface area contributed by atoms with E-state index in [-0.39, 0.29) is 0 Å². The number of hydrogen-bond acceptors (Lipinski definition) is 4. The van der Waals surface area contributed by atoms with Crippen LogP contribution in [0.5, 0.6) is 0 Å². The van der Waals surface area contributed by atoms with E-state index in [4.69, 9.17) is 0 Å². The lowest BCUT2D eigenvalue weighted by atomic mass is 10.1. The van der Waals surface area contributed by atoms with E-state index in [0.717, 1.165) is 19.0 Å². The molecule has 0 saturated carbocycles. The van der Waals surface area contributed by atoms with Gasteiger partial charge in [0.15, 0.2) is 33.1 Å². The number of halogens is 4. The number of nitrogens with zero attached hydrogens (tertiary/aromatic N) is 2. The van der Waals surface area contributed by atoms with Gasteiger partial charge in [-0.2, -0.15) is 0 Å². The fourth-order valence-corrected chi connectivity index (χ4v) is 4.79. The van der Waals surface area contributed by atoms with Crippen molar-refractivity contribution >= 4 is 21.7 Å². The maximum absolute atomic E-state index is 14.1. The summed E-state index contributed by atoms with van der Waals surface area (Å²) in [5.41, 5.74) is -0.122. The molecule has 0 amide bonds. The fourth-order valence-electron chi connectivity index (χ4n) is 3.31. The number of benzene rings is 2. The van der Waals surface area contributed by atoms with Crippen LogP contribution < -0.4 is 4.90 Å². The summed E-state index contributed by atoms with van der Waals surface area (Å²) in [4.78, 5) is 6.10. The normalized spacial score (nSPS) is 13.7. The highest BCUT2D eigenvalue weighted by Crippen LogP contribution is 2.30. The summed E-state index contributed by atoms with van der Waals surface area (Å²) in [6.07, 6.45) is 2.41. The zero-order valence-electron chi connectivity index (χ0n) is 16.5. The summed E-state index contributed by atoms with van der Waals surface area (Å²) in [6, 6.07) is 4.90. The van der Waals surface area contributed by atoms with E-state index in [1.165, 1.54) is 0 Å². The van der Waals surface area contributed by atoms with Gasteiger partial charge in [-0.05, 0) is 31.0 Å². The molecule has 3 rings (SSSR count). The van der Waals surface area contributed by atoms with Gasteiger partial charge in [0, 0.05) is 29.4 Å². The van der Waals surface area contributed by atoms with Crippen LogP contribution in [0.25, 0.3) is 0 Å². The zero-order chi connectivity index (χ0) is 22.2. The average Bonchev–Trinajstić information content (AvgIpc) is 2.70. The number of hydrogen-bond donors (Lipinski definition) is 0. The number of aliphatic imine (C=N–C) groups is 1. The van der Waals surface area contributed by atoms with Crippen molar-refractivity contribution in [1.82, 2.24) is 0 Å². The van der Waals surface area contributed by atoms with Gasteiger partial charge in [-0.3, -0.25) is 0 Å². The van der Waals surface area contributed by atoms with Crippen LogP contribution in [-0.2, 0) is 21.3 Å². The summed E-state index contributed by atoms with van der Waals surface area (Å²) in [5, 5.41) is 0. The van der Waals surface area contributed by atoms with Crippen molar-refractivity contribution in [2.24, 2.45) is 4.99 Å². The standard InChI is InChI=1S/C21H20F4N2O2S/c1-4-7-27-13(3)26-9-15-8-14(5-6-17(15)27)10-30(28,29)11-16-20(24)18(22)12(2)19(23)21(16)25/h5-6,8-9H,3-4,7,10-11H2,1-2H3. The highest BCUT2D eigenvalue weighted by molar-refractivity contribution is 7.89. The Morgan fingerprint density at radius 3 is 2.27 bits per heavy atom. The smallest absolute Gasteiger partial charge is 0.166 e. The lowest BCUT2D eigenvalue weighted by Gasteiger charge is -2.28. The fraction of sp³-hybridized carbons (Fsp3) is 0.286. The molecule has 160 valence electrons. The van der Waals surface area contributed by atoms with Crippen molar-refractivity contribution < 1.29 is 26.0 Å². The van der Waals surface area contributed by atoms with Gasteiger partial charge in [0.1, 0.15) is 5.82 Å². The predicted octanol–water partition coefficient (Wildman–Crippen LogP) is 4.79. The molecule has 30 heavy (non-hydrogen) atoms. The van der Waals surface area contributed by atoms with Crippen LogP contribution in [0.3, 0.4) is 0 Å². The van der Waals surface area contributed by atoms with Gasteiger partial charge in [0.2, 0.25) is 0 Å². The van der Waals surface area contributed by atoms with E-state index < -0.39 is 55.7 Å². The van der Waals surface area contributed by atoms with Crippen LogP contribution in [0.4, 0.5) is 23.2 Å². The van der Waals surface area contributed by atoms with Crippen molar-refractivity contribution in [3.8, 4) is 0 Å². The van der Waals surface area contributed by atoms with Gasteiger partial charge in [0.05, 0.1) is 17.2 Å². The van der Waals surface area contributed by atoms with E-state index in [1.54, 1.807) is 24.4 Å². The third kappa shape index (κ3) is 4.12. The Balaban J connectivity index is 1.90. The highest BCUT2D eigenvalue weighted by Gasteiger charge is 2.27. The molecule has 0 bridgehead atoms. The van der Waals surface area contributed by atoms with E-state index in [0.29, 0.717) is 23.5 Å². The molecule has 1 aliphatic heterocycles. The van der Waals surface area contributed by atoms with Gasteiger partial charge in [0.25, 0.3) is 0 Å². The molecule has 2 aromatic carbocycles. The molecule has 0 aromatic heterocycles. The Morgan fingerprint density at radius 2 is 1.67 bits per heavy atom. The van der Waals surface area contributed by atoms with Crippen molar-refractivity contribution in [1.29, 1.82) is 0 Å². The number of sulfone groups is 1. The van der Waals surface area contributed by atoms with Gasteiger partial charge < -0.3 is 4.90 Å². The number of anilines is 1. The molecule has 0 atom stereocenters. The largest absolute Gasteiger partial charge is 0.326 e. The predicted molar refractivity (Wildman–Crippen MR) is 108 cm³/mol. The minimum atomic E-state index is -4.13. The molecule has 0 spiro atoms. The maximum atomic E-state index is 14.1. The molecular weight excluding hydrogens is 420 g/mol. The topological polar surface area (TPSA) is 49.7 Å². The number of fused-ring (bicyclic) bond motifs is 1. The third-order valence-electron chi connectivity index (χ3n) is 4.82. The Labute approximate surface area is 172 Å². The molecule has 2 aromatic rings. The molecule has 0 N–H and O–H groups in total. The second-order valence-electron chi connectivity index (χ2n) is 7.11. The van der Waals surface area contributed by atoms with Gasteiger partial charge in [-0.15, -0.1) is 0 Å². The summed E-state index contributed by atoms with van der Waals surface area (Å²) in [7, 11) is -4.13. The minimum Gasteiger partial charge on any atom is -0.326 e. The second-order valence-corrected chi connectivity index (χ2v) is 9.18. The van der Waals surface area contributed by atoms with Crippen molar-refractivity contribution in [2.45, 2.75) is 31.8 Å². The molecule has 1 heterocycles. The Bertz CT molecular complexity index is 1130. The van der Waals surface area contributed by atoms with Crippen LogP contribution in [-0.4, -0.2) is 21.2 Å². The van der Waals surface area contributed by atoms with E-state index in [1.807, 2.05) is 11.8 Å². The first-order valence-electron chi connectivity index (χ1n) is 9.21. The van der Waals surface area contributed by atoms with Crippen LogP contribution >= 0.6 is 0 Å². The average molecular weight is 440 g/mol. The van der Waals surface area contributed by atoms with Gasteiger partial charge in [-0.1, -0.05) is 19.6 Å². The molecule has 0 fully saturated rings. The monoisotopic (exact) mass is 440 g/mol. The van der Waals surface area contributed by atoms with Crippen molar-refractivity contribution in [3.63, 3.8) is 0 Å². The summed E-state index contributed by atoms with van der Waals surface area (Å²) in [6.45, 7) is 7.44. The maximum Gasteiger partial charge on any atom is 0.166 e. The first kappa shape index (κ1) is 22.0. The lowest BCUT2D eigenvalue weighted by Crippen LogP contribution is -2.25. The second kappa shape index (κ2) is 8.22. The molecule has 4 nitrogen and oxygen atoms in total. The van der Waals surface area contributed by atoms with Crippen LogP contribution in [0.2, 0.25) is 0 Å².